The van der Waals surface area contributed by atoms with Crippen LogP contribution in [0.1, 0.15) is 183 Å². The lowest BCUT2D eigenvalue weighted by Crippen LogP contribution is -2.62. The first-order chi connectivity index (χ1) is 62.8. The summed E-state index contributed by atoms with van der Waals surface area (Å²) in [6.07, 6.45) is -9.71. The highest BCUT2D eigenvalue weighted by molar-refractivity contribution is 8.38. The Bertz CT molecular complexity index is 4300. The molecule has 3 aliphatic rings. The van der Waals surface area contributed by atoms with Gasteiger partial charge in [0.2, 0.25) is 47.5 Å². The van der Waals surface area contributed by atoms with E-state index in [-0.39, 0.29) is 143 Å². The minimum Gasteiger partial charge on any atom is -0.497 e. The molecule has 0 bridgehead atoms. The Morgan fingerprint density at radius 2 is 0.826 bits per heavy atom. The molecule has 6 N–H and O–H groups in total. The molecule has 3 aromatic rings. The van der Waals surface area contributed by atoms with Gasteiger partial charge in [0.05, 0.1) is 45.4 Å². The molecule has 8 amide bonds. The number of methoxy groups -OCH3 is 2. The van der Waals surface area contributed by atoms with Crippen molar-refractivity contribution < 1.29 is 148 Å². The van der Waals surface area contributed by atoms with E-state index in [9.17, 15) is 62.3 Å². The highest BCUT2D eigenvalue weighted by Gasteiger charge is 2.51. The summed E-state index contributed by atoms with van der Waals surface area (Å²) in [6.45, 7) is 14.3. The molecule has 132 heavy (non-hydrogen) atoms. The molecule has 0 aromatic heterocycles. The van der Waals surface area contributed by atoms with Crippen molar-refractivity contribution in [3.63, 3.8) is 0 Å². The zero-order valence-corrected chi connectivity index (χ0v) is 80.2. The third-order valence-electron chi connectivity index (χ3n) is 21.9. The van der Waals surface area contributed by atoms with Gasteiger partial charge in [-0.25, -0.2) is 0 Å². The van der Waals surface area contributed by atoms with Crippen LogP contribution in [0.3, 0.4) is 0 Å². The average Bonchev–Trinajstić information content (AvgIpc) is 0.735. The van der Waals surface area contributed by atoms with E-state index in [1.165, 1.54) is 86.3 Å². The zero-order chi connectivity index (χ0) is 97.2. The van der Waals surface area contributed by atoms with Gasteiger partial charge in [-0.1, -0.05) is 92.2 Å². The summed E-state index contributed by atoms with van der Waals surface area (Å²) in [7, 11) is 4.74. The van der Waals surface area contributed by atoms with E-state index in [1.807, 2.05) is 30.3 Å². The Balaban J connectivity index is 1.31. The standard InChI is InChI=1S/C90H131N8O31PS2/c1-54-80(93-57(4)99)87(127-71(50-119-60(7)102)83(54)123-63(10)105)116-47-23-18-28-75(108)91-41-21-22-43-98(86(113)74(126-79(112)40-39-77(110)96-132(130)131)53-122-90(66-26-16-15-17-27-66,67-31-35-69(114-13)36-32-67)68-33-37-70(115-14)38-34-68)46-45-97(78(111)30-20-25-49-118-89-82(95-59(6)101)56(3)85(125-65(12)107)73(129-89)52-121-62(9)104)44-42-92-76(109)29-19-24-48-117-88-81(94-58(5)100)55(2)84(124-64(11)106)72(128-88)51-120-61(8)103/h15-17,26-27,31-38,54-56,71-74,80-85,87-89,130,132H,18-25,28-30,39-53H2,1-14H3,(H,91,108)(H,92,109)(H,93,99)(H,94,100)(H,95,101)(H,96,110,131)/t54-,55-,56-,71?,72?,73?,74?,80?,81?,82?,83-,84-,85-,87-,88-,89-/m1/s1. The fourth-order valence-corrected chi connectivity index (χ4v) is 16.5. The molecule has 3 aromatic carbocycles. The van der Waals surface area contributed by atoms with Crippen LogP contribution in [0.2, 0.25) is 0 Å². The Labute approximate surface area is 778 Å². The number of carbonyl (C=O) groups is 15. The normalized spacial score (nSPS) is 22.0. The number of carbonyl (C=O) groups excluding carboxylic acids is 15. The zero-order valence-electron chi connectivity index (χ0n) is 77.5. The lowest BCUT2D eigenvalue weighted by molar-refractivity contribution is -0.262. The van der Waals surface area contributed by atoms with E-state index < -0.39 is 208 Å². The summed E-state index contributed by atoms with van der Waals surface area (Å²) in [5.41, 5.74) is 0.0943. The topological polar surface area (TPSA) is 482 Å². The highest BCUT2D eigenvalue weighted by Crippen LogP contribution is 2.43. The molecule has 8 unspecified atom stereocenters. The molecule has 3 heterocycles. The molecular formula is C90H131N8O31PS2. The second-order valence-electron chi connectivity index (χ2n) is 32.2. The van der Waals surface area contributed by atoms with Gasteiger partial charge in [-0.05, 0) is 104 Å². The number of thiol groups is 1. The molecule has 39 nitrogen and oxygen atoms in total. The van der Waals surface area contributed by atoms with Crippen LogP contribution in [0, 0.1) is 17.8 Å². The molecule has 0 saturated carbocycles. The first kappa shape index (κ1) is 111. The van der Waals surface area contributed by atoms with E-state index in [0.717, 1.165) is 0 Å². The van der Waals surface area contributed by atoms with Crippen molar-refractivity contribution in [2.45, 2.75) is 252 Å². The van der Waals surface area contributed by atoms with Gasteiger partial charge in [0.15, 0.2) is 18.9 Å². The smallest absolute Gasteiger partial charge is 0.307 e. The van der Waals surface area contributed by atoms with Crippen LogP contribution in [0.5, 0.6) is 11.5 Å². The number of benzene rings is 3. The van der Waals surface area contributed by atoms with Crippen molar-refractivity contribution in [1.82, 2.24) is 41.1 Å². The number of unbranched alkanes of at least 4 members (excludes halogenated alkanes) is 4. The fraction of sp³-hybridized carbons (Fsp3) is 0.633. The first-order valence-electron chi connectivity index (χ1n) is 44.1. The Hall–Kier alpha value is -10.1. The maximum Gasteiger partial charge on any atom is 0.307 e. The average molecular weight is 1920 g/mol. The summed E-state index contributed by atoms with van der Waals surface area (Å²) < 4.78 is 96.9. The Morgan fingerprint density at radius 1 is 0.439 bits per heavy atom. The molecule has 3 aliphatic heterocycles. The molecule has 734 valence electrons. The molecule has 0 radical (unpaired) electrons. The van der Waals surface area contributed by atoms with Gasteiger partial charge < -0.3 is 117 Å². The second kappa shape index (κ2) is 57.5. The van der Waals surface area contributed by atoms with Crippen LogP contribution in [0.25, 0.3) is 0 Å². The Kier molecular flexibility index (Phi) is 48.2. The van der Waals surface area contributed by atoms with Crippen molar-refractivity contribution in [1.29, 1.82) is 0 Å². The van der Waals surface area contributed by atoms with Crippen LogP contribution in [-0.4, -0.2) is 278 Å². The summed E-state index contributed by atoms with van der Waals surface area (Å²) in [5.74, 6) is -9.23. The minimum atomic E-state index is -1.79. The quantitative estimate of drug-likeness (QED) is 0.00984. The second-order valence-corrected chi connectivity index (χ2v) is 36.5. The lowest BCUT2D eigenvalue weighted by atomic mass is 9.80. The van der Waals surface area contributed by atoms with Gasteiger partial charge in [0.1, 0.15) is 73.5 Å². The molecule has 42 heteroatoms. The van der Waals surface area contributed by atoms with E-state index in [0.29, 0.717) is 47.5 Å². The predicted octanol–water partition coefficient (Wildman–Crippen LogP) is 4.92. The number of nitrogens with zero attached hydrogens (tertiary/aromatic N) is 2. The number of ether oxygens (including phenoxy) is 16. The Morgan fingerprint density at radius 3 is 1.20 bits per heavy atom. The van der Waals surface area contributed by atoms with Gasteiger partial charge in [-0.15, -0.1) is 0 Å². The molecule has 3 saturated heterocycles. The van der Waals surface area contributed by atoms with Crippen LogP contribution in [0.15, 0.2) is 78.9 Å². The van der Waals surface area contributed by atoms with Crippen LogP contribution in [0.4, 0.5) is 0 Å². The maximum absolute atomic E-state index is 16.1. The monoisotopic (exact) mass is 1910 g/mol. The SMILES string of the molecule is COc1ccc(C(OCC(OC(=O)CCC(=O)N[SH](=P)=S)C(=O)N(CCCCNC(=O)CCCCO[C@@H]2OC(COC(C)=O)[C@H](OC(C)=O)[C@H](C)C2NC(C)=O)CCN(CCNC(=O)CCCCO[C@@H]2OC(COC(C)=O)[C@H](OC(C)=O)[C@H](C)C2NC(C)=O)C(=O)CCCCO[C@@H]2OC(COC(C)=O)[C@H](OC(C)=O)[C@H](C)C2NC(C)=O)(c2ccccc2)c2ccc(OC)cc2)cc1. The van der Waals surface area contributed by atoms with Crippen molar-refractivity contribution in [3.8, 4) is 11.5 Å². The third-order valence-corrected chi connectivity index (χ3v) is 23.0. The van der Waals surface area contributed by atoms with Crippen LogP contribution < -0.4 is 40.8 Å². The number of hydrogen-bond acceptors (Lipinski definition) is 32. The molecule has 0 aliphatic carbocycles. The molecule has 17 atom stereocenters. The maximum atomic E-state index is 16.1. The van der Waals surface area contributed by atoms with Gasteiger partial charge in [-0.3, -0.25) is 71.9 Å². The summed E-state index contributed by atoms with van der Waals surface area (Å²) in [4.78, 5) is 199. The lowest BCUT2D eigenvalue weighted by Gasteiger charge is -2.44. The van der Waals surface area contributed by atoms with Crippen molar-refractivity contribution >= 4 is 117 Å². The highest BCUT2D eigenvalue weighted by atomic mass is 32.9. The fourth-order valence-electron chi connectivity index (χ4n) is 15.5. The number of amides is 8. The molecule has 6 rings (SSSR count). The molecule has 3 fully saturated rings. The summed E-state index contributed by atoms with van der Waals surface area (Å²) in [5, 5.41) is 14.3. The van der Waals surface area contributed by atoms with E-state index in [2.05, 4.69) is 39.3 Å². The van der Waals surface area contributed by atoms with E-state index >= 15 is 9.59 Å². The summed E-state index contributed by atoms with van der Waals surface area (Å²) in [6, 6.07) is 20.8. The number of esters is 7. The minimum absolute atomic E-state index is 0.0236. The van der Waals surface area contributed by atoms with Crippen molar-refractivity contribution in [3.05, 3.63) is 95.6 Å². The number of hydrogen-bond donors (Lipinski definition) is 7. The van der Waals surface area contributed by atoms with E-state index in [4.69, 9.17) is 87.0 Å². The number of rotatable bonds is 55. The van der Waals surface area contributed by atoms with Gasteiger partial charge in [0.25, 0.3) is 5.91 Å². The molecule has 0 spiro atoms. The van der Waals surface area contributed by atoms with Gasteiger partial charge in [0, 0.05) is 165 Å². The van der Waals surface area contributed by atoms with Crippen molar-refractivity contribution in [2.24, 2.45) is 17.8 Å². The predicted molar refractivity (Wildman–Crippen MR) is 481 cm³/mol. The summed E-state index contributed by atoms with van der Waals surface area (Å²) >= 11 is 5.18. The van der Waals surface area contributed by atoms with Gasteiger partial charge >= 0.3 is 41.8 Å². The van der Waals surface area contributed by atoms with Crippen molar-refractivity contribution in [2.75, 3.05) is 99.7 Å². The number of nitrogens with one attached hydrogen (secondary N) is 6. The van der Waals surface area contributed by atoms with Crippen LogP contribution in [-0.2, 0) is 164 Å². The van der Waals surface area contributed by atoms with Crippen LogP contribution >= 0.6 is 8.02 Å². The van der Waals surface area contributed by atoms with Gasteiger partial charge in [-0.2, -0.15) is 0 Å². The largest absolute Gasteiger partial charge is 0.497 e. The third kappa shape index (κ3) is 37.4. The molecular weight excluding hydrogens is 1780 g/mol. The first-order valence-corrected chi connectivity index (χ1v) is 47.8. The van der Waals surface area contributed by atoms with E-state index in [1.54, 1.807) is 69.3 Å².